The number of benzene rings is 1. The summed E-state index contributed by atoms with van der Waals surface area (Å²) in [4.78, 5) is 24.9. The van der Waals surface area contributed by atoms with Crippen molar-refractivity contribution in [2.75, 3.05) is 13.2 Å². The lowest BCUT2D eigenvalue weighted by atomic mass is 10.2. The van der Waals surface area contributed by atoms with Crippen LogP contribution >= 0.6 is 7.82 Å². The second-order valence-corrected chi connectivity index (χ2v) is 8.09. The molecule has 4 rings (SSSR count). The summed E-state index contributed by atoms with van der Waals surface area (Å²) in [6.45, 7) is 0.0952. The van der Waals surface area contributed by atoms with Gasteiger partial charge in [-0.3, -0.25) is 27.9 Å². The zero-order chi connectivity index (χ0) is 19.7. The summed E-state index contributed by atoms with van der Waals surface area (Å²) in [6.07, 6.45) is -0.675. The van der Waals surface area contributed by atoms with Crippen molar-refractivity contribution in [2.24, 2.45) is 0 Å². The van der Waals surface area contributed by atoms with Gasteiger partial charge in [-0.1, -0.05) is 30.3 Å². The first kappa shape index (κ1) is 19.2. The minimum atomic E-state index is -3.77. The Bertz CT molecular complexity index is 1010. The Kier molecular flexibility index (Phi) is 5.31. The molecular formula is C17H18FN2O7P. The van der Waals surface area contributed by atoms with Gasteiger partial charge in [0.05, 0.1) is 19.4 Å². The molecule has 2 aliphatic rings. The Morgan fingerprint density at radius 3 is 2.82 bits per heavy atom. The fraction of sp³-hybridized carbons (Fsp3) is 0.412. The molecule has 2 fully saturated rings. The first-order chi connectivity index (χ1) is 13.4. The summed E-state index contributed by atoms with van der Waals surface area (Å²) in [5.74, 6) is -1.11. The number of ether oxygens (including phenoxy) is 1. The van der Waals surface area contributed by atoms with E-state index >= 15 is 0 Å². The van der Waals surface area contributed by atoms with Crippen LogP contribution in [0.15, 0.2) is 46.1 Å². The van der Waals surface area contributed by atoms with E-state index in [0.717, 1.165) is 16.3 Å². The Morgan fingerprint density at radius 2 is 2.04 bits per heavy atom. The van der Waals surface area contributed by atoms with Crippen molar-refractivity contribution in [3.63, 3.8) is 0 Å². The summed E-state index contributed by atoms with van der Waals surface area (Å²) in [7, 11) is -3.77. The van der Waals surface area contributed by atoms with Gasteiger partial charge in [-0.2, -0.15) is 4.39 Å². The van der Waals surface area contributed by atoms with Gasteiger partial charge in [0, 0.05) is 6.42 Å². The number of nitrogens with zero attached hydrogens (tertiary/aromatic N) is 1. The first-order valence-electron chi connectivity index (χ1n) is 8.71. The Morgan fingerprint density at radius 1 is 1.25 bits per heavy atom. The van der Waals surface area contributed by atoms with Gasteiger partial charge in [-0.05, 0) is 12.0 Å². The molecule has 0 radical (unpaired) electrons. The van der Waals surface area contributed by atoms with Gasteiger partial charge in [-0.15, -0.1) is 0 Å². The largest absolute Gasteiger partial charge is 0.475 e. The van der Waals surface area contributed by atoms with Crippen LogP contribution in [0, 0.1) is 5.82 Å². The SMILES string of the molecule is O=c1[nH]c(=O)n([C@H]2C[C@@H]3OP(=O)(OCCc4ccccc4)OC[C@H]3O2)cc1F. The molecule has 1 N–H and O–H groups in total. The van der Waals surface area contributed by atoms with Gasteiger partial charge in [-0.25, -0.2) is 9.36 Å². The maximum absolute atomic E-state index is 13.5. The highest BCUT2D eigenvalue weighted by Crippen LogP contribution is 2.56. The highest BCUT2D eigenvalue weighted by molar-refractivity contribution is 7.48. The maximum Gasteiger partial charge on any atom is 0.475 e. The first-order valence-corrected chi connectivity index (χ1v) is 10.2. The van der Waals surface area contributed by atoms with Gasteiger partial charge in [0.1, 0.15) is 18.4 Å². The molecule has 1 aromatic carbocycles. The molecule has 2 aliphatic heterocycles. The average Bonchev–Trinajstić information content (AvgIpc) is 3.08. The number of fused-ring (bicyclic) bond motifs is 1. The maximum atomic E-state index is 13.5. The fourth-order valence-electron chi connectivity index (χ4n) is 3.16. The second kappa shape index (κ2) is 7.73. The monoisotopic (exact) mass is 412 g/mol. The van der Waals surface area contributed by atoms with Crippen LogP contribution in [0.25, 0.3) is 0 Å². The summed E-state index contributed by atoms with van der Waals surface area (Å²) < 4.78 is 48.8. The zero-order valence-electron chi connectivity index (χ0n) is 14.7. The van der Waals surface area contributed by atoms with Crippen LogP contribution in [0.1, 0.15) is 18.2 Å². The van der Waals surface area contributed by atoms with Crippen molar-refractivity contribution < 1.29 is 27.3 Å². The second-order valence-electron chi connectivity index (χ2n) is 6.46. The number of rotatable bonds is 5. The highest BCUT2D eigenvalue weighted by atomic mass is 31.2. The number of halogens is 1. The van der Waals surface area contributed by atoms with E-state index < -0.39 is 43.3 Å². The lowest BCUT2D eigenvalue weighted by Crippen LogP contribution is -2.34. The molecule has 4 atom stereocenters. The lowest BCUT2D eigenvalue weighted by Gasteiger charge is -2.29. The quantitative estimate of drug-likeness (QED) is 0.746. The van der Waals surface area contributed by atoms with Crippen LogP contribution in [-0.2, 0) is 29.3 Å². The van der Waals surface area contributed by atoms with Crippen LogP contribution in [0.4, 0.5) is 4.39 Å². The predicted octanol–water partition coefficient (Wildman–Crippen LogP) is 1.75. The molecule has 2 aromatic rings. The number of hydrogen-bond acceptors (Lipinski definition) is 7. The normalized spacial score (nSPS) is 29.5. The summed E-state index contributed by atoms with van der Waals surface area (Å²) >= 11 is 0. The topological polar surface area (TPSA) is 109 Å². The van der Waals surface area contributed by atoms with Crippen molar-refractivity contribution in [1.29, 1.82) is 0 Å². The molecule has 0 amide bonds. The Labute approximate surface area is 158 Å². The van der Waals surface area contributed by atoms with E-state index in [-0.39, 0.29) is 19.6 Å². The minimum absolute atomic E-state index is 0.0512. The Balaban J connectivity index is 1.39. The molecule has 1 aromatic heterocycles. The molecule has 0 bridgehead atoms. The van der Waals surface area contributed by atoms with Crippen molar-refractivity contribution in [2.45, 2.75) is 31.3 Å². The third-order valence-electron chi connectivity index (χ3n) is 4.56. The number of aromatic nitrogens is 2. The molecule has 0 saturated carbocycles. The Hall–Kier alpha value is -2.10. The van der Waals surface area contributed by atoms with E-state index in [2.05, 4.69) is 0 Å². The standard InChI is InChI=1S/C17H18FN2O7P/c18-12-9-20(17(22)19-16(12)21)15-8-13-14(26-15)10-25-28(23,27-13)24-7-6-11-4-2-1-3-5-11/h1-5,9,13-15H,6-8,10H2,(H,19,21,22)/t13-,14+,15+,28?/m0/s1. The number of phosphoric acid groups is 1. The molecule has 11 heteroatoms. The molecular weight excluding hydrogens is 394 g/mol. The van der Waals surface area contributed by atoms with E-state index in [1.54, 1.807) is 0 Å². The molecule has 1 unspecified atom stereocenters. The van der Waals surface area contributed by atoms with Crippen molar-refractivity contribution in [1.82, 2.24) is 9.55 Å². The molecule has 150 valence electrons. The summed E-state index contributed by atoms with van der Waals surface area (Å²) in [6, 6.07) is 9.54. The fourth-order valence-corrected chi connectivity index (χ4v) is 4.55. The van der Waals surface area contributed by atoms with Crippen LogP contribution in [-0.4, -0.2) is 35.0 Å². The molecule has 2 saturated heterocycles. The van der Waals surface area contributed by atoms with Crippen LogP contribution in [0.3, 0.4) is 0 Å². The average molecular weight is 412 g/mol. The lowest BCUT2D eigenvalue weighted by molar-refractivity contribution is -0.0722. The number of aromatic amines is 1. The molecule has 0 spiro atoms. The van der Waals surface area contributed by atoms with E-state index in [4.69, 9.17) is 18.3 Å². The van der Waals surface area contributed by atoms with Crippen LogP contribution < -0.4 is 11.2 Å². The highest BCUT2D eigenvalue weighted by Gasteiger charge is 2.48. The van der Waals surface area contributed by atoms with Gasteiger partial charge >= 0.3 is 13.5 Å². The smallest absolute Gasteiger partial charge is 0.349 e. The number of H-pyrrole nitrogens is 1. The minimum Gasteiger partial charge on any atom is -0.349 e. The van der Waals surface area contributed by atoms with E-state index in [0.29, 0.717) is 6.42 Å². The third-order valence-corrected chi connectivity index (χ3v) is 6.05. The van der Waals surface area contributed by atoms with E-state index in [1.165, 1.54) is 0 Å². The summed E-state index contributed by atoms with van der Waals surface area (Å²) in [5, 5.41) is 0. The van der Waals surface area contributed by atoms with E-state index in [1.807, 2.05) is 35.3 Å². The number of phosphoric ester groups is 1. The molecule has 0 aliphatic carbocycles. The zero-order valence-corrected chi connectivity index (χ0v) is 15.5. The van der Waals surface area contributed by atoms with E-state index in [9.17, 15) is 18.5 Å². The van der Waals surface area contributed by atoms with Crippen molar-refractivity contribution >= 4 is 7.82 Å². The third kappa shape index (κ3) is 4.01. The van der Waals surface area contributed by atoms with Crippen molar-refractivity contribution in [3.05, 3.63) is 68.7 Å². The van der Waals surface area contributed by atoms with Gasteiger partial charge in [0.25, 0.3) is 5.56 Å². The number of nitrogens with one attached hydrogen (secondary N) is 1. The van der Waals surface area contributed by atoms with Gasteiger partial charge in [0.15, 0.2) is 0 Å². The molecule has 9 nitrogen and oxygen atoms in total. The van der Waals surface area contributed by atoms with Crippen LogP contribution in [0.2, 0.25) is 0 Å². The summed E-state index contributed by atoms with van der Waals surface area (Å²) in [5.41, 5.74) is -0.890. The molecule has 3 heterocycles. The number of hydrogen-bond donors (Lipinski definition) is 1. The van der Waals surface area contributed by atoms with Gasteiger partial charge < -0.3 is 4.74 Å². The van der Waals surface area contributed by atoms with Crippen molar-refractivity contribution in [3.8, 4) is 0 Å². The van der Waals surface area contributed by atoms with Crippen LogP contribution in [0.5, 0.6) is 0 Å². The van der Waals surface area contributed by atoms with Gasteiger partial charge in [0.2, 0.25) is 5.82 Å². The molecule has 28 heavy (non-hydrogen) atoms. The predicted molar refractivity (Wildman–Crippen MR) is 94.3 cm³/mol.